The van der Waals surface area contributed by atoms with Crippen LogP contribution in [-0.4, -0.2) is 23.0 Å². The van der Waals surface area contributed by atoms with E-state index in [1.807, 2.05) is 6.92 Å². The summed E-state index contributed by atoms with van der Waals surface area (Å²) in [5.41, 5.74) is 4.83. The van der Waals surface area contributed by atoms with Gasteiger partial charge >= 0.3 is 5.97 Å². The van der Waals surface area contributed by atoms with Gasteiger partial charge in [0.1, 0.15) is 0 Å². The second kappa shape index (κ2) is 6.42. The largest absolute Gasteiger partial charge is 0.478 e. The van der Waals surface area contributed by atoms with Gasteiger partial charge in [0.05, 0.1) is 17.3 Å². The summed E-state index contributed by atoms with van der Waals surface area (Å²) in [6.07, 6.45) is 0.651. The van der Waals surface area contributed by atoms with Crippen LogP contribution < -0.4 is 11.1 Å². The molecule has 2 atom stereocenters. The maximum absolute atomic E-state index is 13.1. The zero-order chi connectivity index (χ0) is 15.4. The number of anilines is 1. The third-order valence-corrected chi connectivity index (χ3v) is 3.11. The zero-order valence-corrected chi connectivity index (χ0v) is 11.1. The highest BCUT2D eigenvalue weighted by Gasteiger charge is 2.22. The van der Waals surface area contributed by atoms with Crippen LogP contribution in [0.3, 0.4) is 0 Å². The van der Waals surface area contributed by atoms with Crippen molar-refractivity contribution in [3.63, 3.8) is 0 Å². The van der Waals surface area contributed by atoms with Crippen molar-refractivity contribution >= 4 is 17.6 Å². The van der Waals surface area contributed by atoms with Crippen molar-refractivity contribution in [2.75, 3.05) is 5.32 Å². The number of carbonyl (C=O) groups is 2. The predicted octanol–water partition coefficient (Wildman–Crippen LogP) is 1.97. The molecule has 0 aliphatic rings. The van der Waals surface area contributed by atoms with E-state index in [0.717, 1.165) is 0 Å². The molecule has 1 aromatic rings. The molecule has 0 heterocycles. The van der Waals surface area contributed by atoms with Gasteiger partial charge in [-0.25, -0.2) is 13.6 Å². The number of carboxylic acid groups (broad SMARTS) is 1. The number of amides is 1. The lowest BCUT2D eigenvalue weighted by Gasteiger charge is -2.18. The first-order valence-electron chi connectivity index (χ1n) is 6.06. The molecule has 7 heteroatoms. The summed E-state index contributed by atoms with van der Waals surface area (Å²) in [6.45, 7) is 3.60. The molecule has 110 valence electrons. The van der Waals surface area contributed by atoms with E-state index in [1.54, 1.807) is 6.92 Å². The first-order valence-corrected chi connectivity index (χ1v) is 6.06. The first kappa shape index (κ1) is 16.0. The number of benzene rings is 1. The van der Waals surface area contributed by atoms with Gasteiger partial charge in [0.15, 0.2) is 11.6 Å². The fraction of sp³-hybridized carbons (Fsp3) is 0.385. The molecule has 1 aromatic carbocycles. The molecular formula is C13H16F2N2O3. The minimum Gasteiger partial charge on any atom is -0.478 e. The normalized spacial score (nSPS) is 13.7. The molecule has 0 aliphatic carbocycles. The van der Waals surface area contributed by atoms with Crippen molar-refractivity contribution in [1.29, 1.82) is 0 Å². The van der Waals surface area contributed by atoms with Crippen LogP contribution in [0.15, 0.2) is 12.1 Å². The number of carboxylic acids is 1. The Morgan fingerprint density at radius 2 is 1.90 bits per heavy atom. The van der Waals surface area contributed by atoms with Gasteiger partial charge in [-0.15, -0.1) is 0 Å². The SMILES string of the molecule is CCC(C)C(N)C(=O)Nc1cc(F)c(F)cc1C(=O)O. The molecule has 0 spiro atoms. The Morgan fingerprint density at radius 3 is 2.40 bits per heavy atom. The summed E-state index contributed by atoms with van der Waals surface area (Å²) in [5.74, 6) is -4.80. The highest BCUT2D eigenvalue weighted by Crippen LogP contribution is 2.21. The molecule has 1 amide bonds. The second-order valence-corrected chi connectivity index (χ2v) is 4.52. The van der Waals surface area contributed by atoms with Crippen molar-refractivity contribution in [3.05, 3.63) is 29.3 Å². The Balaban J connectivity index is 3.05. The summed E-state index contributed by atoms with van der Waals surface area (Å²) in [6, 6.07) is 0.275. The molecule has 0 bridgehead atoms. The summed E-state index contributed by atoms with van der Waals surface area (Å²) < 4.78 is 26.2. The molecule has 1 rings (SSSR count). The number of carbonyl (C=O) groups excluding carboxylic acids is 1. The number of nitrogens with one attached hydrogen (secondary N) is 1. The molecule has 0 aliphatic heterocycles. The third-order valence-electron chi connectivity index (χ3n) is 3.11. The van der Waals surface area contributed by atoms with Crippen molar-refractivity contribution in [2.24, 2.45) is 11.7 Å². The number of rotatable bonds is 5. The van der Waals surface area contributed by atoms with Crippen molar-refractivity contribution < 1.29 is 23.5 Å². The van der Waals surface area contributed by atoms with Gasteiger partial charge in [0, 0.05) is 6.07 Å². The number of nitrogens with two attached hydrogens (primary N) is 1. The lowest BCUT2D eigenvalue weighted by atomic mass is 9.99. The maximum Gasteiger partial charge on any atom is 0.337 e. The summed E-state index contributed by atoms with van der Waals surface area (Å²) in [5, 5.41) is 11.1. The van der Waals surface area contributed by atoms with Crippen LogP contribution in [0.25, 0.3) is 0 Å². The fourth-order valence-corrected chi connectivity index (χ4v) is 1.56. The number of aromatic carboxylic acids is 1. The van der Waals surface area contributed by atoms with Crippen molar-refractivity contribution in [3.8, 4) is 0 Å². The van der Waals surface area contributed by atoms with E-state index < -0.39 is 35.1 Å². The van der Waals surface area contributed by atoms with Gasteiger partial charge in [-0.3, -0.25) is 4.79 Å². The highest BCUT2D eigenvalue weighted by atomic mass is 19.2. The van der Waals surface area contributed by atoms with Gasteiger partial charge in [-0.1, -0.05) is 20.3 Å². The van der Waals surface area contributed by atoms with Gasteiger partial charge in [-0.05, 0) is 12.0 Å². The van der Waals surface area contributed by atoms with Crippen LogP contribution in [0.1, 0.15) is 30.6 Å². The molecular weight excluding hydrogens is 270 g/mol. The topological polar surface area (TPSA) is 92.4 Å². The Kier molecular flexibility index (Phi) is 5.15. The molecule has 0 fully saturated rings. The lowest BCUT2D eigenvalue weighted by molar-refractivity contribution is -0.118. The molecule has 2 unspecified atom stereocenters. The number of hydrogen-bond donors (Lipinski definition) is 3. The first-order chi connectivity index (χ1) is 9.27. The standard InChI is InChI=1S/C13H16F2N2O3/c1-3-6(2)11(16)12(18)17-10-5-9(15)8(14)4-7(10)13(19)20/h4-6,11H,3,16H2,1-2H3,(H,17,18)(H,19,20). The Hall–Kier alpha value is -2.02. The summed E-state index contributed by atoms with van der Waals surface area (Å²) in [7, 11) is 0. The van der Waals surface area contributed by atoms with E-state index >= 15 is 0 Å². The van der Waals surface area contributed by atoms with Crippen LogP contribution >= 0.6 is 0 Å². The monoisotopic (exact) mass is 286 g/mol. The molecule has 4 N–H and O–H groups in total. The Labute approximate surface area is 114 Å². The number of hydrogen-bond acceptors (Lipinski definition) is 3. The van der Waals surface area contributed by atoms with Crippen LogP contribution in [0, 0.1) is 17.6 Å². The van der Waals surface area contributed by atoms with Gasteiger partial charge in [-0.2, -0.15) is 0 Å². The molecule has 0 saturated heterocycles. The van der Waals surface area contributed by atoms with E-state index in [-0.39, 0.29) is 11.6 Å². The van der Waals surface area contributed by atoms with Gasteiger partial charge < -0.3 is 16.2 Å². The maximum atomic E-state index is 13.1. The van der Waals surface area contributed by atoms with Crippen molar-refractivity contribution in [2.45, 2.75) is 26.3 Å². The van der Waals surface area contributed by atoms with Gasteiger partial charge in [0.25, 0.3) is 0 Å². The minimum atomic E-state index is -1.48. The van der Waals surface area contributed by atoms with E-state index in [0.29, 0.717) is 18.6 Å². The van der Waals surface area contributed by atoms with Crippen LogP contribution in [0.2, 0.25) is 0 Å². The van der Waals surface area contributed by atoms with E-state index in [9.17, 15) is 18.4 Å². The molecule has 20 heavy (non-hydrogen) atoms. The van der Waals surface area contributed by atoms with E-state index in [1.165, 1.54) is 0 Å². The van der Waals surface area contributed by atoms with Crippen LogP contribution in [-0.2, 0) is 4.79 Å². The van der Waals surface area contributed by atoms with Crippen LogP contribution in [0.5, 0.6) is 0 Å². The lowest BCUT2D eigenvalue weighted by Crippen LogP contribution is -2.40. The molecule has 0 aromatic heterocycles. The minimum absolute atomic E-state index is 0.131. The Morgan fingerprint density at radius 1 is 1.35 bits per heavy atom. The average molecular weight is 286 g/mol. The van der Waals surface area contributed by atoms with E-state index in [2.05, 4.69) is 5.32 Å². The fourth-order valence-electron chi connectivity index (χ4n) is 1.56. The highest BCUT2D eigenvalue weighted by molar-refractivity contribution is 6.02. The second-order valence-electron chi connectivity index (χ2n) is 4.52. The Bertz CT molecular complexity index is 535. The van der Waals surface area contributed by atoms with Gasteiger partial charge in [0.2, 0.25) is 5.91 Å². The molecule has 0 radical (unpaired) electrons. The van der Waals surface area contributed by atoms with E-state index in [4.69, 9.17) is 10.8 Å². The summed E-state index contributed by atoms with van der Waals surface area (Å²) >= 11 is 0. The molecule has 0 saturated carbocycles. The van der Waals surface area contributed by atoms with Crippen LogP contribution in [0.4, 0.5) is 14.5 Å². The zero-order valence-electron chi connectivity index (χ0n) is 11.1. The number of halogens is 2. The summed E-state index contributed by atoms with van der Waals surface area (Å²) in [4.78, 5) is 22.8. The quantitative estimate of drug-likeness (QED) is 0.771. The average Bonchev–Trinajstić information content (AvgIpc) is 2.40. The third kappa shape index (κ3) is 3.51. The molecule has 5 nitrogen and oxygen atoms in total. The van der Waals surface area contributed by atoms with Crippen molar-refractivity contribution in [1.82, 2.24) is 0 Å². The smallest absolute Gasteiger partial charge is 0.337 e. The predicted molar refractivity (Wildman–Crippen MR) is 69.4 cm³/mol.